The fourth-order valence-corrected chi connectivity index (χ4v) is 6.83. The van der Waals surface area contributed by atoms with Gasteiger partial charge in [-0.3, -0.25) is 0 Å². The molecule has 5 atom stereocenters. The minimum atomic E-state index is -0.218. The molecule has 34 heavy (non-hydrogen) atoms. The molecule has 2 heteroatoms. The molecule has 0 aromatic heterocycles. The fraction of sp³-hybridized carbons (Fsp3) is 0.156. The van der Waals surface area contributed by atoms with Gasteiger partial charge in [-0.1, -0.05) is 97.1 Å². The molecule has 162 valence electrons. The van der Waals surface area contributed by atoms with Crippen LogP contribution in [0, 0.1) is 23.2 Å². The summed E-state index contributed by atoms with van der Waals surface area (Å²) in [5.74, 6) is 1.78. The molecule has 0 amide bonds. The van der Waals surface area contributed by atoms with Crippen molar-refractivity contribution in [3.05, 3.63) is 143 Å². The average Bonchev–Trinajstić information content (AvgIpc) is 3.20. The van der Waals surface area contributed by atoms with Crippen LogP contribution in [-0.2, 0) is 5.41 Å². The Kier molecular flexibility index (Phi) is 4.11. The number of fused-ring (bicyclic) bond motifs is 9. The van der Waals surface area contributed by atoms with E-state index >= 15 is 0 Å². The van der Waals surface area contributed by atoms with Gasteiger partial charge in [-0.05, 0) is 34.9 Å². The molecule has 0 fully saturated rings. The third kappa shape index (κ3) is 2.45. The van der Waals surface area contributed by atoms with Gasteiger partial charge in [0.2, 0.25) is 0 Å². The number of benzene rings is 3. The van der Waals surface area contributed by atoms with Gasteiger partial charge in [-0.25, -0.2) is 0 Å². The molecule has 0 radical (unpaired) electrons. The Bertz CT molecular complexity index is 1470. The minimum absolute atomic E-state index is 0.112. The smallest absolute Gasteiger partial charge is 0.132 e. The summed E-state index contributed by atoms with van der Waals surface area (Å²) in [5, 5.41) is 9.27. The van der Waals surface area contributed by atoms with Crippen LogP contribution >= 0.6 is 0 Å². The summed E-state index contributed by atoms with van der Waals surface area (Å²) in [6.45, 7) is 0. The zero-order valence-electron chi connectivity index (χ0n) is 18.6. The van der Waals surface area contributed by atoms with E-state index in [0.717, 1.165) is 11.3 Å². The Morgan fingerprint density at radius 3 is 2.32 bits per heavy atom. The van der Waals surface area contributed by atoms with E-state index in [9.17, 15) is 5.26 Å². The monoisotopic (exact) mass is 437 g/mol. The van der Waals surface area contributed by atoms with Gasteiger partial charge in [0, 0.05) is 34.3 Å². The van der Waals surface area contributed by atoms with Gasteiger partial charge in [0.05, 0.1) is 11.6 Å². The van der Waals surface area contributed by atoms with Crippen molar-refractivity contribution in [1.29, 1.82) is 5.26 Å². The molecule has 1 heterocycles. The SMILES string of the molecule is N#Cc1ccc(C2=CC=CC3C2Oc2ccccc2C32c3ccccc3C3C=CC=CC32)cc1. The Hall–Kier alpha value is -4.09. The highest BCUT2D eigenvalue weighted by Gasteiger charge is 2.61. The van der Waals surface area contributed by atoms with Crippen LogP contribution in [0.2, 0.25) is 0 Å². The molecule has 3 aromatic rings. The third-order valence-corrected chi connectivity index (χ3v) is 8.11. The standard InChI is InChI=1S/C32H23NO/c33-20-21-16-18-22(19-17-21)23-10-7-14-29-31(23)34-30-15-6-5-13-28(30)32(29)26-11-3-1-8-24(26)25-9-2-4-12-27(25)32/h1-19,24,26,29,31H. The highest BCUT2D eigenvalue weighted by atomic mass is 16.5. The summed E-state index contributed by atoms with van der Waals surface area (Å²) in [6.07, 6.45) is 15.8. The maximum absolute atomic E-state index is 9.27. The quantitative estimate of drug-likeness (QED) is 0.424. The van der Waals surface area contributed by atoms with Crippen LogP contribution in [0.25, 0.3) is 5.57 Å². The predicted molar refractivity (Wildman–Crippen MR) is 134 cm³/mol. The Morgan fingerprint density at radius 1 is 0.735 bits per heavy atom. The first kappa shape index (κ1) is 19.4. The molecular formula is C32H23NO. The minimum Gasteiger partial charge on any atom is -0.485 e. The van der Waals surface area contributed by atoms with E-state index in [1.807, 2.05) is 24.3 Å². The van der Waals surface area contributed by atoms with Gasteiger partial charge >= 0.3 is 0 Å². The van der Waals surface area contributed by atoms with Crippen molar-refractivity contribution in [2.45, 2.75) is 17.4 Å². The highest BCUT2D eigenvalue weighted by Crippen LogP contribution is 2.65. The van der Waals surface area contributed by atoms with E-state index in [1.165, 1.54) is 22.3 Å². The molecule has 0 N–H and O–H groups in total. The molecular weight excluding hydrogens is 414 g/mol. The van der Waals surface area contributed by atoms with E-state index in [2.05, 4.69) is 97.1 Å². The van der Waals surface area contributed by atoms with Gasteiger partial charge in [-0.15, -0.1) is 0 Å². The van der Waals surface area contributed by atoms with E-state index in [4.69, 9.17) is 4.74 Å². The largest absolute Gasteiger partial charge is 0.485 e. The van der Waals surface area contributed by atoms with Crippen molar-refractivity contribution in [3.8, 4) is 11.8 Å². The van der Waals surface area contributed by atoms with E-state index in [0.29, 0.717) is 17.4 Å². The summed E-state index contributed by atoms with van der Waals surface area (Å²) in [6, 6.07) is 27.7. The number of hydrogen-bond donors (Lipinski definition) is 0. The fourth-order valence-electron chi connectivity index (χ4n) is 6.83. The van der Waals surface area contributed by atoms with E-state index < -0.39 is 0 Å². The van der Waals surface area contributed by atoms with Crippen molar-refractivity contribution in [2.24, 2.45) is 11.8 Å². The summed E-state index contributed by atoms with van der Waals surface area (Å²) in [7, 11) is 0. The summed E-state index contributed by atoms with van der Waals surface area (Å²) in [5.41, 5.74) is 6.85. The van der Waals surface area contributed by atoms with Crippen LogP contribution in [0.3, 0.4) is 0 Å². The lowest BCUT2D eigenvalue weighted by molar-refractivity contribution is 0.113. The second-order valence-corrected chi connectivity index (χ2v) is 9.53. The van der Waals surface area contributed by atoms with Crippen LogP contribution in [0.5, 0.6) is 5.75 Å². The van der Waals surface area contributed by atoms with Crippen molar-refractivity contribution < 1.29 is 4.74 Å². The Balaban J connectivity index is 1.48. The molecule has 3 aliphatic carbocycles. The second-order valence-electron chi connectivity index (χ2n) is 9.53. The first-order chi connectivity index (χ1) is 16.8. The number of nitrogens with zero attached hydrogens (tertiary/aromatic N) is 1. The van der Waals surface area contributed by atoms with Gasteiger partial charge in [0.15, 0.2) is 0 Å². The molecule has 0 saturated carbocycles. The topological polar surface area (TPSA) is 33.0 Å². The lowest BCUT2D eigenvalue weighted by atomic mass is 9.56. The first-order valence-corrected chi connectivity index (χ1v) is 11.9. The molecule has 0 saturated heterocycles. The molecule has 1 aliphatic heterocycles. The third-order valence-electron chi connectivity index (χ3n) is 8.11. The van der Waals surface area contributed by atoms with Crippen LogP contribution in [0.1, 0.15) is 33.7 Å². The number of ether oxygens (including phenoxy) is 1. The molecule has 1 spiro atoms. The summed E-state index contributed by atoms with van der Waals surface area (Å²) >= 11 is 0. The summed E-state index contributed by atoms with van der Waals surface area (Å²) < 4.78 is 6.81. The number of hydrogen-bond acceptors (Lipinski definition) is 2. The number of rotatable bonds is 1. The average molecular weight is 438 g/mol. The van der Waals surface area contributed by atoms with Gasteiger partial charge < -0.3 is 4.74 Å². The highest BCUT2D eigenvalue weighted by molar-refractivity contribution is 5.76. The van der Waals surface area contributed by atoms with Crippen LogP contribution in [0.4, 0.5) is 0 Å². The summed E-state index contributed by atoms with van der Waals surface area (Å²) in [4.78, 5) is 0. The van der Waals surface area contributed by atoms with Gasteiger partial charge in [0.1, 0.15) is 11.9 Å². The molecule has 0 bridgehead atoms. The van der Waals surface area contributed by atoms with Crippen molar-refractivity contribution in [2.75, 3.05) is 0 Å². The molecule has 5 unspecified atom stereocenters. The molecule has 7 rings (SSSR count). The van der Waals surface area contributed by atoms with E-state index in [1.54, 1.807) is 0 Å². The second kappa shape index (κ2) is 7.20. The predicted octanol–water partition coefficient (Wildman–Crippen LogP) is 6.71. The van der Waals surface area contributed by atoms with Crippen LogP contribution < -0.4 is 4.74 Å². The molecule has 4 aliphatic rings. The van der Waals surface area contributed by atoms with Crippen LogP contribution in [-0.4, -0.2) is 6.10 Å². The zero-order valence-corrected chi connectivity index (χ0v) is 18.6. The van der Waals surface area contributed by atoms with Crippen molar-refractivity contribution in [3.63, 3.8) is 0 Å². The lowest BCUT2D eigenvalue weighted by Gasteiger charge is -2.51. The lowest BCUT2D eigenvalue weighted by Crippen LogP contribution is -2.51. The normalized spacial score (nSPS) is 29.3. The van der Waals surface area contributed by atoms with E-state index in [-0.39, 0.29) is 17.4 Å². The number of allylic oxidation sites excluding steroid dienone is 6. The Morgan fingerprint density at radius 2 is 1.47 bits per heavy atom. The first-order valence-electron chi connectivity index (χ1n) is 11.9. The van der Waals surface area contributed by atoms with Crippen LogP contribution in [0.15, 0.2) is 115 Å². The maximum atomic E-state index is 9.27. The molecule has 2 nitrogen and oxygen atoms in total. The molecule has 3 aromatic carbocycles. The van der Waals surface area contributed by atoms with Gasteiger partial charge in [0.25, 0.3) is 0 Å². The number of nitriles is 1. The van der Waals surface area contributed by atoms with Crippen molar-refractivity contribution >= 4 is 5.57 Å². The van der Waals surface area contributed by atoms with Gasteiger partial charge in [-0.2, -0.15) is 5.26 Å². The van der Waals surface area contributed by atoms with Crippen molar-refractivity contribution in [1.82, 2.24) is 0 Å². The zero-order chi connectivity index (χ0) is 22.7. The maximum Gasteiger partial charge on any atom is 0.132 e. The Labute approximate surface area is 199 Å². The number of para-hydroxylation sites is 1.